The fourth-order valence-electron chi connectivity index (χ4n) is 2.88. The van der Waals surface area contributed by atoms with Gasteiger partial charge in [0.15, 0.2) is 0 Å². The van der Waals surface area contributed by atoms with Gasteiger partial charge in [-0.2, -0.15) is 0 Å². The third-order valence-corrected chi connectivity index (χ3v) is 4.09. The van der Waals surface area contributed by atoms with Crippen LogP contribution in [-0.2, 0) is 0 Å². The van der Waals surface area contributed by atoms with Crippen LogP contribution >= 0.6 is 0 Å². The van der Waals surface area contributed by atoms with Crippen LogP contribution in [0.4, 0.5) is 5.69 Å². The number of hydrogen-bond acceptors (Lipinski definition) is 6. The number of rotatable bonds is 4. The highest BCUT2D eigenvalue weighted by Gasteiger charge is 2.22. The number of aliphatic hydroxyl groups excluding tert-OH is 1. The molecule has 7 nitrogen and oxygen atoms in total. The van der Waals surface area contributed by atoms with Crippen molar-refractivity contribution in [1.82, 2.24) is 20.5 Å². The number of aliphatic hydroxyl groups is 1. The summed E-state index contributed by atoms with van der Waals surface area (Å²) < 4.78 is 0. The molecule has 3 rings (SSSR count). The first-order chi connectivity index (χ1) is 11.6. The highest BCUT2D eigenvalue weighted by molar-refractivity contribution is 5.99. The zero-order valence-electron chi connectivity index (χ0n) is 13.7. The maximum atomic E-state index is 12.1. The number of nitrogen functional groups attached to an aromatic ring is 1. The van der Waals surface area contributed by atoms with E-state index in [-0.39, 0.29) is 12.5 Å². The second kappa shape index (κ2) is 6.92. The van der Waals surface area contributed by atoms with Gasteiger partial charge < -0.3 is 26.4 Å². The van der Waals surface area contributed by atoms with Gasteiger partial charge in [-0.15, -0.1) is 0 Å². The number of amides is 1. The summed E-state index contributed by atoms with van der Waals surface area (Å²) in [7, 11) is 0. The molecule has 0 spiro atoms. The molecule has 1 atom stereocenters. The van der Waals surface area contributed by atoms with Crippen LogP contribution in [0.3, 0.4) is 0 Å². The van der Waals surface area contributed by atoms with Crippen LogP contribution in [0.25, 0.3) is 5.57 Å². The number of fused-ring (bicyclic) bond motifs is 1. The van der Waals surface area contributed by atoms with E-state index in [0.717, 1.165) is 43.1 Å². The van der Waals surface area contributed by atoms with E-state index in [2.05, 4.69) is 26.6 Å². The Morgan fingerprint density at radius 1 is 1.58 bits per heavy atom. The molecular formula is C17H23N5O2. The summed E-state index contributed by atoms with van der Waals surface area (Å²) in [5.74, 6) is 0.740. The van der Waals surface area contributed by atoms with E-state index in [4.69, 9.17) is 5.73 Å². The molecule has 7 heteroatoms. The van der Waals surface area contributed by atoms with Crippen molar-refractivity contribution in [2.45, 2.75) is 19.4 Å². The lowest BCUT2D eigenvalue weighted by molar-refractivity contribution is 0.0924. The van der Waals surface area contributed by atoms with Crippen molar-refractivity contribution < 1.29 is 9.90 Å². The summed E-state index contributed by atoms with van der Waals surface area (Å²) in [6.45, 7) is 4.64. The minimum atomic E-state index is -0.606. The molecule has 0 bridgehead atoms. The highest BCUT2D eigenvalue weighted by Crippen LogP contribution is 2.27. The molecule has 2 aliphatic rings. The summed E-state index contributed by atoms with van der Waals surface area (Å²) in [6, 6.07) is 1.73. The predicted molar refractivity (Wildman–Crippen MR) is 92.9 cm³/mol. The van der Waals surface area contributed by atoms with Gasteiger partial charge in [-0.05, 0) is 19.4 Å². The number of carbonyl (C=O) groups is 1. The fraction of sp³-hybridized carbons (Fsp3) is 0.412. The fourth-order valence-corrected chi connectivity index (χ4v) is 2.88. The van der Waals surface area contributed by atoms with Crippen LogP contribution in [0.5, 0.6) is 0 Å². The van der Waals surface area contributed by atoms with Crippen LogP contribution in [-0.4, -0.2) is 53.2 Å². The number of nitrogens with zero attached hydrogens (tertiary/aromatic N) is 2. The Morgan fingerprint density at radius 3 is 3.17 bits per heavy atom. The topological polar surface area (TPSA) is 104 Å². The third kappa shape index (κ3) is 3.35. The van der Waals surface area contributed by atoms with Crippen LogP contribution < -0.4 is 16.4 Å². The van der Waals surface area contributed by atoms with Crippen molar-refractivity contribution in [2.24, 2.45) is 0 Å². The van der Waals surface area contributed by atoms with Gasteiger partial charge in [-0.3, -0.25) is 9.78 Å². The van der Waals surface area contributed by atoms with Crippen molar-refractivity contribution >= 4 is 17.2 Å². The SMILES string of the molecule is CC(O)CNC(=O)c1cnc(C2=C3NCCCN3CC=C2)cc1N. The summed E-state index contributed by atoms with van der Waals surface area (Å²) in [5.41, 5.74) is 8.48. The van der Waals surface area contributed by atoms with Gasteiger partial charge in [0.2, 0.25) is 0 Å². The molecule has 0 aliphatic carbocycles. The molecule has 24 heavy (non-hydrogen) atoms. The number of pyridine rings is 1. The third-order valence-electron chi connectivity index (χ3n) is 4.09. The van der Waals surface area contributed by atoms with E-state index < -0.39 is 6.10 Å². The molecule has 1 aromatic heterocycles. The maximum Gasteiger partial charge on any atom is 0.255 e. The Hall–Kier alpha value is -2.54. The molecule has 2 aliphatic heterocycles. The Morgan fingerprint density at radius 2 is 2.42 bits per heavy atom. The lowest BCUT2D eigenvalue weighted by atomic mass is 10.0. The van der Waals surface area contributed by atoms with Gasteiger partial charge in [0, 0.05) is 43.6 Å². The molecule has 0 aromatic carbocycles. The van der Waals surface area contributed by atoms with Crippen LogP contribution in [0.2, 0.25) is 0 Å². The van der Waals surface area contributed by atoms with Gasteiger partial charge in [0.25, 0.3) is 5.91 Å². The monoisotopic (exact) mass is 329 g/mol. The van der Waals surface area contributed by atoms with E-state index in [1.165, 1.54) is 6.20 Å². The molecular weight excluding hydrogens is 306 g/mol. The Bertz CT molecular complexity index is 696. The van der Waals surface area contributed by atoms with E-state index in [1.54, 1.807) is 13.0 Å². The molecule has 5 N–H and O–H groups in total. The van der Waals surface area contributed by atoms with Crippen molar-refractivity contribution in [1.29, 1.82) is 0 Å². The normalized spacial score (nSPS) is 18.0. The van der Waals surface area contributed by atoms with Gasteiger partial charge >= 0.3 is 0 Å². The van der Waals surface area contributed by atoms with E-state index in [0.29, 0.717) is 11.3 Å². The van der Waals surface area contributed by atoms with Crippen molar-refractivity contribution in [3.63, 3.8) is 0 Å². The summed E-state index contributed by atoms with van der Waals surface area (Å²) in [6.07, 6.45) is 6.14. The van der Waals surface area contributed by atoms with E-state index >= 15 is 0 Å². The van der Waals surface area contributed by atoms with E-state index in [9.17, 15) is 9.90 Å². The van der Waals surface area contributed by atoms with Crippen molar-refractivity contribution in [3.05, 3.63) is 41.5 Å². The maximum absolute atomic E-state index is 12.1. The second-order valence-corrected chi connectivity index (χ2v) is 6.11. The smallest absolute Gasteiger partial charge is 0.255 e. The zero-order valence-corrected chi connectivity index (χ0v) is 13.7. The lowest BCUT2D eigenvalue weighted by Crippen LogP contribution is -2.41. The molecule has 3 heterocycles. The molecule has 1 unspecified atom stereocenters. The first-order valence-corrected chi connectivity index (χ1v) is 8.18. The summed E-state index contributed by atoms with van der Waals surface area (Å²) in [4.78, 5) is 18.8. The largest absolute Gasteiger partial charge is 0.398 e. The summed E-state index contributed by atoms with van der Waals surface area (Å²) in [5, 5.41) is 15.3. The molecule has 128 valence electrons. The number of aromatic nitrogens is 1. The van der Waals surface area contributed by atoms with Crippen molar-refractivity contribution in [2.75, 3.05) is 31.9 Å². The second-order valence-electron chi connectivity index (χ2n) is 6.11. The Balaban J connectivity index is 1.85. The minimum Gasteiger partial charge on any atom is -0.398 e. The van der Waals surface area contributed by atoms with Crippen molar-refractivity contribution in [3.8, 4) is 0 Å². The molecule has 1 aromatic rings. The molecule has 1 amide bonds. The Kier molecular flexibility index (Phi) is 4.71. The summed E-state index contributed by atoms with van der Waals surface area (Å²) >= 11 is 0. The zero-order chi connectivity index (χ0) is 17.1. The number of nitrogens with one attached hydrogen (secondary N) is 2. The number of anilines is 1. The quantitative estimate of drug-likeness (QED) is 0.634. The van der Waals surface area contributed by atoms with Gasteiger partial charge in [0.1, 0.15) is 5.82 Å². The predicted octanol–water partition coefficient (Wildman–Crippen LogP) is 0.308. The Labute approximate surface area is 141 Å². The number of hydrogen-bond donors (Lipinski definition) is 4. The average molecular weight is 329 g/mol. The average Bonchev–Trinajstić information content (AvgIpc) is 2.59. The minimum absolute atomic E-state index is 0.178. The lowest BCUT2D eigenvalue weighted by Gasteiger charge is -2.35. The van der Waals surface area contributed by atoms with E-state index in [1.807, 2.05) is 6.08 Å². The molecule has 1 fully saturated rings. The van der Waals surface area contributed by atoms with Crippen LogP contribution in [0, 0.1) is 0 Å². The van der Waals surface area contributed by atoms with Gasteiger partial charge in [0.05, 0.1) is 17.4 Å². The first-order valence-electron chi connectivity index (χ1n) is 8.18. The van der Waals surface area contributed by atoms with Crippen LogP contribution in [0.15, 0.2) is 30.2 Å². The van der Waals surface area contributed by atoms with Gasteiger partial charge in [-0.1, -0.05) is 12.2 Å². The molecule has 1 saturated heterocycles. The van der Waals surface area contributed by atoms with Gasteiger partial charge in [-0.25, -0.2) is 0 Å². The molecule has 0 radical (unpaired) electrons. The number of carbonyl (C=O) groups excluding carboxylic acids is 1. The standard InChI is InChI=1S/C17H23N5O2/c1-11(23)9-21-17(24)13-10-20-15(8-14(13)18)12-4-2-6-22-7-3-5-19-16(12)22/h2,4,8,10-11,19,23H,3,5-7,9H2,1H3,(H2,18,20)(H,21,24). The number of allylic oxidation sites excluding steroid dienone is 2. The highest BCUT2D eigenvalue weighted by atomic mass is 16.3. The molecule has 0 saturated carbocycles. The first kappa shape index (κ1) is 16.3. The van der Waals surface area contributed by atoms with Crippen LogP contribution in [0.1, 0.15) is 29.4 Å². The number of nitrogens with two attached hydrogens (primary N) is 1.